The van der Waals surface area contributed by atoms with Gasteiger partial charge in [-0.1, -0.05) is 22.6 Å². The minimum atomic E-state index is 0.220. The molecule has 0 saturated carbocycles. The average molecular weight is 234 g/mol. The Morgan fingerprint density at radius 2 is 2.43 bits per heavy atom. The molecule has 0 heterocycles. The molecule has 0 aromatic carbocycles. The predicted octanol–water partition coefficient (Wildman–Crippen LogP) is 2.02. The van der Waals surface area contributed by atoms with Crippen LogP contribution in [-0.2, 0) is 4.74 Å². The molecule has 0 aliphatic rings. The monoisotopic (exact) mass is 234 g/mol. The van der Waals surface area contributed by atoms with E-state index >= 15 is 0 Å². The summed E-state index contributed by atoms with van der Waals surface area (Å²) in [5.41, 5.74) is 0. The first-order valence-electron chi connectivity index (χ1n) is 2.04. The van der Waals surface area contributed by atoms with Crippen LogP contribution >= 0.6 is 34.2 Å². The smallest absolute Gasteiger partial charge is 0.0872 e. The highest BCUT2D eigenvalue weighted by Gasteiger charge is 1.93. The van der Waals surface area contributed by atoms with Gasteiger partial charge in [0.1, 0.15) is 0 Å². The Bertz CT molecular complexity index is 40.7. The summed E-state index contributed by atoms with van der Waals surface area (Å²) < 4.78 is 4.98. The molecular formula is C4H8ClIO. The maximum Gasteiger partial charge on any atom is 0.0872 e. The van der Waals surface area contributed by atoms with E-state index in [9.17, 15) is 0 Å². The molecule has 0 N–H and O–H groups in total. The molecule has 0 fully saturated rings. The van der Waals surface area contributed by atoms with Crippen LogP contribution in [0.1, 0.15) is 6.42 Å². The highest BCUT2D eigenvalue weighted by Crippen LogP contribution is 2.09. The second kappa shape index (κ2) is 5.12. The van der Waals surface area contributed by atoms with Gasteiger partial charge in [0.2, 0.25) is 0 Å². The van der Waals surface area contributed by atoms with Gasteiger partial charge in [0.15, 0.2) is 0 Å². The van der Waals surface area contributed by atoms with Crippen molar-refractivity contribution in [1.29, 1.82) is 0 Å². The molecule has 0 rings (SSSR count). The van der Waals surface area contributed by atoms with Crippen molar-refractivity contribution in [3.8, 4) is 0 Å². The van der Waals surface area contributed by atoms with E-state index in [1.165, 1.54) is 0 Å². The van der Waals surface area contributed by atoms with Gasteiger partial charge in [0.05, 0.1) is 3.38 Å². The minimum Gasteiger partial charge on any atom is -0.385 e. The van der Waals surface area contributed by atoms with E-state index in [0.717, 1.165) is 13.0 Å². The number of ether oxygens (including phenoxy) is 1. The Labute approximate surface area is 62.5 Å². The molecular weight excluding hydrogens is 226 g/mol. The van der Waals surface area contributed by atoms with Crippen LogP contribution in [-0.4, -0.2) is 17.1 Å². The van der Waals surface area contributed by atoms with Crippen molar-refractivity contribution in [2.24, 2.45) is 0 Å². The second-order valence-electron chi connectivity index (χ2n) is 1.17. The van der Waals surface area contributed by atoms with Crippen LogP contribution in [0.4, 0.5) is 0 Å². The molecule has 0 aliphatic heterocycles. The lowest BCUT2D eigenvalue weighted by atomic mass is 10.5. The van der Waals surface area contributed by atoms with E-state index in [0.29, 0.717) is 0 Å². The van der Waals surface area contributed by atoms with Crippen molar-refractivity contribution in [1.82, 2.24) is 0 Å². The molecule has 1 atom stereocenters. The first-order chi connectivity index (χ1) is 3.27. The normalized spacial score (nSPS) is 14.1. The molecule has 0 saturated heterocycles. The number of hydrogen-bond donors (Lipinski definition) is 0. The fourth-order valence-electron chi connectivity index (χ4n) is 0.207. The lowest BCUT2D eigenvalue weighted by Crippen LogP contribution is -1.93. The van der Waals surface area contributed by atoms with Gasteiger partial charge in [-0.05, 0) is 6.42 Å². The quantitative estimate of drug-likeness (QED) is 0.536. The summed E-state index contributed by atoms with van der Waals surface area (Å²) in [6.45, 7) is 0.761. The molecule has 0 spiro atoms. The van der Waals surface area contributed by atoms with Crippen LogP contribution in [0.5, 0.6) is 0 Å². The lowest BCUT2D eigenvalue weighted by Gasteiger charge is -1.96. The van der Waals surface area contributed by atoms with Crippen LogP contribution in [0, 0.1) is 0 Å². The summed E-state index contributed by atoms with van der Waals surface area (Å²) in [6, 6.07) is 0. The largest absolute Gasteiger partial charge is 0.385 e. The SMILES string of the molecule is COCCC(Cl)I. The van der Waals surface area contributed by atoms with E-state index in [-0.39, 0.29) is 3.38 Å². The Morgan fingerprint density at radius 1 is 1.86 bits per heavy atom. The number of alkyl halides is 2. The zero-order valence-electron chi connectivity index (χ0n) is 4.16. The van der Waals surface area contributed by atoms with Crippen molar-refractivity contribution in [2.75, 3.05) is 13.7 Å². The summed E-state index contributed by atoms with van der Waals surface area (Å²) in [6.07, 6.45) is 0.929. The molecule has 0 bridgehead atoms. The van der Waals surface area contributed by atoms with E-state index in [2.05, 4.69) is 22.6 Å². The van der Waals surface area contributed by atoms with Gasteiger partial charge in [0.25, 0.3) is 0 Å². The summed E-state index contributed by atoms with van der Waals surface area (Å²) >= 11 is 7.71. The molecule has 1 nitrogen and oxygen atoms in total. The van der Waals surface area contributed by atoms with E-state index in [1.807, 2.05) is 0 Å². The number of hydrogen-bond acceptors (Lipinski definition) is 1. The van der Waals surface area contributed by atoms with Crippen LogP contribution in [0.15, 0.2) is 0 Å². The number of halogens is 2. The van der Waals surface area contributed by atoms with Crippen molar-refractivity contribution in [3.05, 3.63) is 0 Å². The maximum absolute atomic E-state index is 5.56. The highest BCUT2D eigenvalue weighted by atomic mass is 127. The molecule has 0 amide bonds. The first-order valence-corrected chi connectivity index (χ1v) is 3.72. The van der Waals surface area contributed by atoms with Crippen molar-refractivity contribution < 1.29 is 4.74 Å². The average Bonchev–Trinajstić information content (AvgIpc) is 1.61. The minimum absolute atomic E-state index is 0.220. The van der Waals surface area contributed by atoms with Crippen LogP contribution in [0.3, 0.4) is 0 Å². The van der Waals surface area contributed by atoms with Gasteiger partial charge in [-0.3, -0.25) is 0 Å². The zero-order chi connectivity index (χ0) is 5.70. The Morgan fingerprint density at radius 3 is 2.57 bits per heavy atom. The van der Waals surface area contributed by atoms with Gasteiger partial charge in [-0.25, -0.2) is 0 Å². The van der Waals surface area contributed by atoms with Crippen LogP contribution in [0.25, 0.3) is 0 Å². The predicted molar refractivity (Wildman–Crippen MR) is 40.2 cm³/mol. The molecule has 0 radical (unpaired) electrons. The third-order valence-corrected chi connectivity index (χ3v) is 1.38. The summed E-state index contributed by atoms with van der Waals surface area (Å²) in [4.78, 5) is 0. The fraction of sp³-hybridized carbons (Fsp3) is 1.00. The van der Waals surface area contributed by atoms with Crippen molar-refractivity contribution >= 4 is 34.2 Å². The Hall–Kier alpha value is 0.980. The zero-order valence-corrected chi connectivity index (χ0v) is 7.07. The summed E-state index contributed by atoms with van der Waals surface area (Å²) in [5, 5.41) is 0. The van der Waals surface area contributed by atoms with Gasteiger partial charge in [0, 0.05) is 13.7 Å². The summed E-state index contributed by atoms with van der Waals surface area (Å²) in [7, 11) is 1.68. The maximum atomic E-state index is 5.56. The highest BCUT2D eigenvalue weighted by molar-refractivity contribution is 14.1. The van der Waals surface area contributed by atoms with Gasteiger partial charge in [-0.2, -0.15) is 0 Å². The van der Waals surface area contributed by atoms with E-state index in [1.54, 1.807) is 7.11 Å². The standard InChI is InChI=1S/C4H8ClIO/c1-7-3-2-4(5)6/h4H,2-3H2,1H3. The Kier molecular flexibility index (Phi) is 5.84. The Balaban J connectivity index is 2.68. The molecule has 0 aliphatic carbocycles. The van der Waals surface area contributed by atoms with Gasteiger partial charge in [-0.15, -0.1) is 11.6 Å². The van der Waals surface area contributed by atoms with Gasteiger partial charge >= 0.3 is 0 Å². The fourth-order valence-corrected chi connectivity index (χ4v) is 0.550. The number of rotatable bonds is 3. The second-order valence-corrected chi connectivity index (χ2v) is 3.94. The van der Waals surface area contributed by atoms with Crippen molar-refractivity contribution in [3.63, 3.8) is 0 Å². The molecule has 44 valence electrons. The van der Waals surface area contributed by atoms with Crippen LogP contribution in [0.2, 0.25) is 0 Å². The van der Waals surface area contributed by atoms with Crippen molar-refractivity contribution in [2.45, 2.75) is 9.80 Å². The third kappa shape index (κ3) is 6.98. The molecule has 0 aromatic heterocycles. The van der Waals surface area contributed by atoms with E-state index in [4.69, 9.17) is 16.3 Å². The lowest BCUT2D eigenvalue weighted by molar-refractivity contribution is 0.199. The molecule has 0 aromatic rings. The molecule has 7 heavy (non-hydrogen) atoms. The topological polar surface area (TPSA) is 9.23 Å². The first kappa shape index (κ1) is 7.98. The summed E-state index contributed by atoms with van der Waals surface area (Å²) in [5.74, 6) is 0. The van der Waals surface area contributed by atoms with Crippen LogP contribution < -0.4 is 0 Å². The van der Waals surface area contributed by atoms with Gasteiger partial charge < -0.3 is 4.74 Å². The molecule has 3 heteroatoms. The van der Waals surface area contributed by atoms with E-state index < -0.39 is 0 Å². The number of methoxy groups -OCH3 is 1. The molecule has 1 unspecified atom stereocenters. The third-order valence-electron chi connectivity index (χ3n) is 0.540.